The van der Waals surface area contributed by atoms with Crippen molar-refractivity contribution in [2.75, 3.05) is 0 Å². The maximum Gasteiger partial charge on any atom is 0.00671 e. The molecule has 1 nitrogen and oxygen atoms in total. The molecule has 1 aliphatic rings. The highest BCUT2D eigenvalue weighted by Crippen LogP contribution is 2.31. The zero-order valence-electron chi connectivity index (χ0n) is 11.0. The Balaban J connectivity index is 2.05. The molecule has 0 radical (unpaired) electrons. The predicted octanol–water partition coefficient (Wildman–Crippen LogP) is 4.28. The first-order valence-corrected chi connectivity index (χ1v) is 7.10. The van der Waals surface area contributed by atoms with Gasteiger partial charge in [-0.25, -0.2) is 0 Å². The lowest BCUT2D eigenvalue weighted by atomic mass is 9.78. The van der Waals surface area contributed by atoms with E-state index in [0.29, 0.717) is 6.04 Å². The van der Waals surface area contributed by atoms with E-state index in [1.807, 2.05) is 6.08 Å². The summed E-state index contributed by atoms with van der Waals surface area (Å²) in [5.74, 6) is 1.76. The van der Waals surface area contributed by atoms with Gasteiger partial charge in [0.1, 0.15) is 0 Å². The van der Waals surface area contributed by atoms with Crippen molar-refractivity contribution in [3.8, 4) is 0 Å². The van der Waals surface area contributed by atoms with Crippen LogP contribution in [-0.4, -0.2) is 6.04 Å². The van der Waals surface area contributed by atoms with Crippen molar-refractivity contribution < 1.29 is 0 Å². The van der Waals surface area contributed by atoms with Gasteiger partial charge in [0.05, 0.1) is 0 Å². The maximum atomic E-state index is 6.29. The summed E-state index contributed by atoms with van der Waals surface area (Å²) in [6.45, 7) is 6.12. The van der Waals surface area contributed by atoms with Gasteiger partial charge in [0, 0.05) is 6.04 Å². The van der Waals surface area contributed by atoms with E-state index in [-0.39, 0.29) is 0 Å². The summed E-state index contributed by atoms with van der Waals surface area (Å²) in [5, 5.41) is 0. The first-order chi connectivity index (χ1) is 7.74. The molecule has 0 bridgehead atoms. The minimum atomic E-state index is 0.469. The summed E-state index contributed by atoms with van der Waals surface area (Å²) < 4.78 is 0. The zero-order valence-corrected chi connectivity index (χ0v) is 11.0. The van der Waals surface area contributed by atoms with E-state index in [1.54, 1.807) is 0 Å². The number of allylic oxidation sites excluding steroid dienone is 1. The second-order valence-corrected chi connectivity index (χ2v) is 5.61. The highest BCUT2D eigenvalue weighted by atomic mass is 14.6. The highest BCUT2D eigenvalue weighted by molar-refractivity contribution is 4.78. The SMILES string of the molecule is C=CCCCCCC(N)C1CCC(C)CC1. The molecule has 0 aliphatic heterocycles. The van der Waals surface area contributed by atoms with Crippen LogP contribution >= 0.6 is 0 Å². The molecule has 1 rings (SSSR count). The van der Waals surface area contributed by atoms with Gasteiger partial charge in [-0.1, -0.05) is 38.7 Å². The van der Waals surface area contributed by atoms with Crippen molar-refractivity contribution in [1.29, 1.82) is 0 Å². The minimum absolute atomic E-state index is 0.469. The van der Waals surface area contributed by atoms with Crippen LogP contribution in [-0.2, 0) is 0 Å². The fraction of sp³-hybridized carbons (Fsp3) is 0.867. The van der Waals surface area contributed by atoms with Gasteiger partial charge in [0.15, 0.2) is 0 Å². The molecular formula is C15H29N. The summed E-state index contributed by atoms with van der Waals surface area (Å²) in [4.78, 5) is 0. The molecule has 1 aliphatic carbocycles. The smallest absolute Gasteiger partial charge is 0.00671 e. The first kappa shape index (κ1) is 13.8. The summed E-state index contributed by atoms with van der Waals surface area (Å²) in [6, 6.07) is 0.469. The maximum absolute atomic E-state index is 6.29. The van der Waals surface area contributed by atoms with Gasteiger partial charge in [-0.2, -0.15) is 0 Å². The molecule has 0 saturated heterocycles. The summed E-state index contributed by atoms with van der Waals surface area (Å²) in [7, 11) is 0. The number of rotatable bonds is 7. The van der Waals surface area contributed by atoms with Gasteiger partial charge >= 0.3 is 0 Å². The van der Waals surface area contributed by atoms with Crippen LogP contribution in [0.5, 0.6) is 0 Å². The van der Waals surface area contributed by atoms with Crippen LogP contribution in [0.1, 0.15) is 64.7 Å². The van der Waals surface area contributed by atoms with Crippen molar-refractivity contribution in [2.45, 2.75) is 70.8 Å². The Morgan fingerprint density at radius 2 is 1.88 bits per heavy atom. The second-order valence-electron chi connectivity index (χ2n) is 5.61. The van der Waals surface area contributed by atoms with Crippen molar-refractivity contribution in [2.24, 2.45) is 17.6 Å². The van der Waals surface area contributed by atoms with Gasteiger partial charge in [0.2, 0.25) is 0 Å². The third-order valence-corrected chi connectivity index (χ3v) is 4.11. The molecule has 0 aromatic heterocycles. The zero-order chi connectivity index (χ0) is 11.8. The Morgan fingerprint density at radius 1 is 1.19 bits per heavy atom. The Labute approximate surface area is 101 Å². The molecular weight excluding hydrogens is 194 g/mol. The molecule has 94 valence electrons. The van der Waals surface area contributed by atoms with E-state index in [9.17, 15) is 0 Å². The molecule has 0 aromatic rings. The van der Waals surface area contributed by atoms with Crippen LogP contribution in [0.3, 0.4) is 0 Å². The lowest BCUT2D eigenvalue weighted by molar-refractivity contribution is 0.245. The standard InChI is InChI=1S/C15H29N/c1-3-4-5-6-7-8-15(16)14-11-9-13(2)10-12-14/h3,13-15H,1,4-12,16H2,2H3. The molecule has 1 saturated carbocycles. The molecule has 2 N–H and O–H groups in total. The molecule has 0 aromatic carbocycles. The van der Waals surface area contributed by atoms with E-state index in [1.165, 1.54) is 51.4 Å². The normalized spacial score (nSPS) is 27.6. The first-order valence-electron chi connectivity index (χ1n) is 7.10. The number of hydrogen-bond acceptors (Lipinski definition) is 1. The highest BCUT2D eigenvalue weighted by Gasteiger charge is 2.22. The van der Waals surface area contributed by atoms with Gasteiger partial charge in [-0.3, -0.25) is 0 Å². The quantitative estimate of drug-likeness (QED) is 0.506. The summed E-state index contributed by atoms with van der Waals surface area (Å²) >= 11 is 0. The second kappa shape index (κ2) is 7.89. The fourth-order valence-electron chi connectivity index (χ4n) is 2.80. The third kappa shape index (κ3) is 5.16. The lowest BCUT2D eigenvalue weighted by Crippen LogP contribution is -2.32. The van der Waals surface area contributed by atoms with Gasteiger partial charge < -0.3 is 5.73 Å². The largest absolute Gasteiger partial charge is 0.327 e. The van der Waals surface area contributed by atoms with Crippen LogP contribution in [0.25, 0.3) is 0 Å². The fourth-order valence-corrected chi connectivity index (χ4v) is 2.80. The van der Waals surface area contributed by atoms with Crippen molar-refractivity contribution in [1.82, 2.24) is 0 Å². The number of unbranched alkanes of at least 4 members (excludes halogenated alkanes) is 3. The number of nitrogens with two attached hydrogens (primary N) is 1. The average molecular weight is 223 g/mol. The topological polar surface area (TPSA) is 26.0 Å². The molecule has 0 heterocycles. The molecule has 16 heavy (non-hydrogen) atoms. The Morgan fingerprint density at radius 3 is 2.50 bits per heavy atom. The minimum Gasteiger partial charge on any atom is -0.327 e. The van der Waals surface area contributed by atoms with Crippen LogP contribution in [0.2, 0.25) is 0 Å². The van der Waals surface area contributed by atoms with E-state index in [4.69, 9.17) is 5.73 Å². The Kier molecular flexibility index (Phi) is 6.79. The van der Waals surface area contributed by atoms with Gasteiger partial charge in [-0.05, 0) is 43.9 Å². The van der Waals surface area contributed by atoms with Gasteiger partial charge in [-0.15, -0.1) is 6.58 Å². The van der Waals surface area contributed by atoms with Crippen molar-refractivity contribution in [3.05, 3.63) is 12.7 Å². The molecule has 1 heteroatoms. The monoisotopic (exact) mass is 223 g/mol. The molecule has 0 amide bonds. The van der Waals surface area contributed by atoms with E-state index >= 15 is 0 Å². The Bertz CT molecular complexity index is 180. The third-order valence-electron chi connectivity index (χ3n) is 4.11. The van der Waals surface area contributed by atoms with Crippen LogP contribution < -0.4 is 5.73 Å². The Hall–Kier alpha value is -0.300. The molecule has 1 fully saturated rings. The van der Waals surface area contributed by atoms with Crippen LogP contribution in [0.4, 0.5) is 0 Å². The van der Waals surface area contributed by atoms with Crippen molar-refractivity contribution in [3.63, 3.8) is 0 Å². The van der Waals surface area contributed by atoms with Crippen LogP contribution in [0.15, 0.2) is 12.7 Å². The molecule has 1 unspecified atom stereocenters. The van der Waals surface area contributed by atoms with Gasteiger partial charge in [0.25, 0.3) is 0 Å². The predicted molar refractivity (Wildman–Crippen MR) is 72.4 cm³/mol. The molecule has 1 atom stereocenters. The summed E-state index contributed by atoms with van der Waals surface area (Å²) in [5.41, 5.74) is 6.29. The number of hydrogen-bond donors (Lipinski definition) is 1. The van der Waals surface area contributed by atoms with E-state index in [0.717, 1.165) is 18.3 Å². The van der Waals surface area contributed by atoms with Crippen LogP contribution in [0, 0.1) is 11.8 Å². The molecule has 0 spiro atoms. The lowest BCUT2D eigenvalue weighted by Gasteiger charge is -2.30. The van der Waals surface area contributed by atoms with E-state index in [2.05, 4.69) is 13.5 Å². The average Bonchev–Trinajstić information content (AvgIpc) is 2.29. The van der Waals surface area contributed by atoms with E-state index < -0.39 is 0 Å². The summed E-state index contributed by atoms with van der Waals surface area (Å²) in [6.07, 6.45) is 13.9. The van der Waals surface area contributed by atoms with Crippen molar-refractivity contribution >= 4 is 0 Å².